The molecule has 2 amide bonds. The number of fused-ring (bicyclic) bond motifs is 1. The maximum Gasteiger partial charge on any atom is 0.242 e. The van der Waals surface area contributed by atoms with Crippen molar-refractivity contribution in [3.05, 3.63) is 53.8 Å². The van der Waals surface area contributed by atoms with Crippen LogP contribution in [0.15, 0.2) is 42.5 Å². The van der Waals surface area contributed by atoms with Gasteiger partial charge in [0.2, 0.25) is 21.8 Å². The van der Waals surface area contributed by atoms with Crippen molar-refractivity contribution in [2.75, 3.05) is 30.3 Å². The molecule has 1 aliphatic rings. The Hall–Kier alpha value is -3.34. The van der Waals surface area contributed by atoms with Gasteiger partial charge in [0.25, 0.3) is 0 Å². The van der Waals surface area contributed by atoms with E-state index in [1.165, 1.54) is 15.3 Å². The number of ether oxygens (including phenoxy) is 2. The highest BCUT2D eigenvalue weighted by atomic mass is 32.2. The molecule has 0 aromatic heterocycles. The van der Waals surface area contributed by atoms with Crippen molar-refractivity contribution >= 4 is 27.5 Å². The second-order valence-electron chi connectivity index (χ2n) is 9.22. The van der Waals surface area contributed by atoms with Crippen molar-refractivity contribution in [1.82, 2.24) is 10.2 Å². The average molecular weight is 536 g/mol. The molecule has 2 aromatic rings. The number of anilines is 1. The molecule has 3 rings (SSSR count). The number of carbonyl (C=O) groups is 2. The maximum absolute atomic E-state index is 14.4. The highest BCUT2D eigenvalue weighted by Gasteiger charge is 2.28. The first-order chi connectivity index (χ1) is 17.5. The lowest BCUT2D eigenvalue weighted by Crippen LogP contribution is -2.49. The quantitative estimate of drug-likeness (QED) is 0.474. The van der Waals surface area contributed by atoms with Gasteiger partial charge in [-0.1, -0.05) is 18.2 Å². The Kier molecular flexibility index (Phi) is 9.36. The van der Waals surface area contributed by atoms with Gasteiger partial charge in [0.05, 0.1) is 11.9 Å². The largest absolute Gasteiger partial charge is 0.486 e. The van der Waals surface area contributed by atoms with Gasteiger partial charge in [0.15, 0.2) is 11.5 Å². The van der Waals surface area contributed by atoms with E-state index in [4.69, 9.17) is 9.47 Å². The Morgan fingerprint density at radius 2 is 1.73 bits per heavy atom. The molecule has 1 heterocycles. The molecule has 1 atom stereocenters. The topological polar surface area (TPSA) is 105 Å². The predicted octanol–water partition coefficient (Wildman–Crippen LogP) is 3.09. The second-order valence-corrected chi connectivity index (χ2v) is 11.1. The van der Waals surface area contributed by atoms with Gasteiger partial charge in [-0.25, -0.2) is 12.8 Å². The first kappa shape index (κ1) is 28.2. The lowest BCUT2D eigenvalue weighted by Gasteiger charge is -2.30. The van der Waals surface area contributed by atoms with E-state index in [0.29, 0.717) is 30.4 Å². The number of hydrogen-bond donors (Lipinski definition) is 1. The second kappa shape index (κ2) is 12.3. The summed E-state index contributed by atoms with van der Waals surface area (Å²) in [5.41, 5.74) is 0.682. The molecule has 0 spiro atoms. The van der Waals surface area contributed by atoms with Gasteiger partial charge in [-0.2, -0.15) is 0 Å². The Morgan fingerprint density at radius 1 is 1.05 bits per heavy atom. The molecule has 0 aliphatic carbocycles. The smallest absolute Gasteiger partial charge is 0.242 e. The van der Waals surface area contributed by atoms with Gasteiger partial charge in [-0.05, 0) is 45.4 Å². The number of rotatable bonds is 11. The molecule has 0 saturated heterocycles. The summed E-state index contributed by atoms with van der Waals surface area (Å²) in [5, 5.41) is 2.78. The number of sulfonamides is 1. The number of benzene rings is 2. The Morgan fingerprint density at radius 3 is 2.38 bits per heavy atom. The molecule has 1 aliphatic heterocycles. The highest BCUT2D eigenvalue weighted by Crippen LogP contribution is 2.34. The summed E-state index contributed by atoms with van der Waals surface area (Å²) in [5.74, 6) is -0.219. The third-order valence-electron chi connectivity index (χ3n) is 5.86. The molecule has 2 aromatic carbocycles. The first-order valence-electron chi connectivity index (χ1n) is 12.2. The van der Waals surface area contributed by atoms with Gasteiger partial charge in [0.1, 0.15) is 25.1 Å². The van der Waals surface area contributed by atoms with Crippen LogP contribution in [0.2, 0.25) is 0 Å². The number of amides is 2. The molecule has 9 nitrogen and oxygen atoms in total. The van der Waals surface area contributed by atoms with Crippen molar-refractivity contribution in [3.63, 3.8) is 0 Å². The van der Waals surface area contributed by atoms with Crippen LogP contribution in [-0.4, -0.2) is 63.2 Å². The van der Waals surface area contributed by atoms with Crippen molar-refractivity contribution in [2.24, 2.45) is 0 Å². The monoisotopic (exact) mass is 535 g/mol. The summed E-state index contributed by atoms with van der Waals surface area (Å²) in [4.78, 5) is 27.3. The molecule has 0 bridgehead atoms. The third kappa shape index (κ3) is 7.58. The molecule has 202 valence electrons. The van der Waals surface area contributed by atoms with Crippen LogP contribution >= 0.6 is 0 Å². The van der Waals surface area contributed by atoms with Crippen molar-refractivity contribution < 1.29 is 31.9 Å². The van der Waals surface area contributed by atoms with E-state index in [-0.39, 0.29) is 49.4 Å². The molecule has 0 radical (unpaired) electrons. The number of nitrogens with one attached hydrogen (secondary N) is 1. The number of carbonyl (C=O) groups excluding carboxylic acids is 2. The third-order valence-corrected chi connectivity index (χ3v) is 7.06. The van der Waals surface area contributed by atoms with E-state index in [1.54, 1.807) is 43.3 Å². The molecule has 0 fully saturated rings. The fourth-order valence-electron chi connectivity index (χ4n) is 3.99. The minimum Gasteiger partial charge on any atom is -0.486 e. The van der Waals surface area contributed by atoms with Crippen LogP contribution in [0.3, 0.4) is 0 Å². The zero-order valence-electron chi connectivity index (χ0n) is 21.6. The van der Waals surface area contributed by atoms with Crippen molar-refractivity contribution in [3.8, 4) is 11.5 Å². The molecule has 1 N–H and O–H groups in total. The zero-order valence-corrected chi connectivity index (χ0v) is 22.4. The van der Waals surface area contributed by atoms with Gasteiger partial charge in [-0.3, -0.25) is 13.9 Å². The molecule has 37 heavy (non-hydrogen) atoms. The van der Waals surface area contributed by atoms with Crippen LogP contribution in [0, 0.1) is 5.82 Å². The van der Waals surface area contributed by atoms with Crippen LogP contribution in [0.4, 0.5) is 10.1 Å². The van der Waals surface area contributed by atoms with Crippen LogP contribution in [0.5, 0.6) is 11.5 Å². The minimum absolute atomic E-state index is 0.0321. The standard InChI is InChI=1S/C26H34FN3O6S/c1-18(2)28-26(32)19(3)29(17-20-8-5-6-9-22(20)27)25(31)10-7-13-30(37(4,33)34)21-11-12-23-24(16-21)36-15-14-35-23/h5-6,8-9,11-12,16,18-19H,7,10,13-15,17H2,1-4H3,(H,28,32). The van der Waals surface area contributed by atoms with E-state index in [9.17, 15) is 22.4 Å². The van der Waals surface area contributed by atoms with Crippen molar-refractivity contribution in [2.45, 2.75) is 52.2 Å². The first-order valence-corrected chi connectivity index (χ1v) is 14.0. The van der Waals surface area contributed by atoms with Gasteiger partial charge in [-0.15, -0.1) is 0 Å². The van der Waals surface area contributed by atoms with Gasteiger partial charge < -0.3 is 19.7 Å². The Balaban J connectivity index is 1.74. The lowest BCUT2D eigenvalue weighted by molar-refractivity contribution is -0.140. The van der Waals surface area contributed by atoms with E-state index >= 15 is 0 Å². The van der Waals surface area contributed by atoms with Crippen molar-refractivity contribution in [1.29, 1.82) is 0 Å². The summed E-state index contributed by atoms with van der Waals surface area (Å²) in [7, 11) is -3.66. The SMILES string of the molecule is CC(C)NC(=O)C(C)N(Cc1ccccc1F)C(=O)CCCN(c1ccc2c(c1)OCCO2)S(C)(=O)=O. The fourth-order valence-corrected chi connectivity index (χ4v) is 4.95. The van der Waals surface area contributed by atoms with Crippen LogP contribution in [0.1, 0.15) is 39.2 Å². The Bertz CT molecular complexity index is 1220. The van der Waals surface area contributed by atoms with Crippen LogP contribution in [-0.2, 0) is 26.2 Å². The van der Waals surface area contributed by atoms with Crippen LogP contribution in [0.25, 0.3) is 0 Å². The van der Waals surface area contributed by atoms with E-state index in [1.807, 2.05) is 13.8 Å². The summed E-state index contributed by atoms with van der Waals surface area (Å²) in [6.45, 7) is 5.94. The lowest BCUT2D eigenvalue weighted by atomic mass is 10.1. The fraction of sp³-hybridized carbons (Fsp3) is 0.462. The number of hydrogen-bond acceptors (Lipinski definition) is 6. The van der Waals surface area contributed by atoms with Gasteiger partial charge >= 0.3 is 0 Å². The predicted molar refractivity (Wildman–Crippen MR) is 139 cm³/mol. The molecule has 0 saturated carbocycles. The molecular weight excluding hydrogens is 501 g/mol. The number of halogens is 1. The van der Waals surface area contributed by atoms with E-state index in [0.717, 1.165) is 6.26 Å². The highest BCUT2D eigenvalue weighted by molar-refractivity contribution is 7.92. The normalized spacial score (nSPS) is 13.7. The van der Waals surface area contributed by atoms with E-state index in [2.05, 4.69) is 5.32 Å². The summed E-state index contributed by atoms with van der Waals surface area (Å²) >= 11 is 0. The molecule has 11 heteroatoms. The van der Waals surface area contributed by atoms with E-state index < -0.39 is 21.9 Å². The zero-order chi connectivity index (χ0) is 27.2. The molecule has 1 unspecified atom stereocenters. The summed E-state index contributed by atoms with van der Waals surface area (Å²) < 4.78 is 51.7. The number of nitrogens with zero attached hydrogens (tertiary/aromatic N) is 2. The summed E-state index contributed by atoms with van der Waals surface area (Å²) in [6, 6.07) is 9.98. The summed E-state index contributed by atoms with van der Waals surface area (Å²) in [6.07, 6.45) is 1.24. The Labute approximate surface area is 217 Å². The average Bonchev–Trinajstić information content (AvgIpc) is 2.84. The van der Waals surface area contributed by atoms with Gasteiger partial charge in [0, 0.05) is 37.2 Å². The molecular formula is C26H34FN3O6S. The minimum atomic E-state index is -3.66. The van der Waals surface area contributed by atoms with Crippen LogP contribution < -0.4 is 19.1 Å². The maximum atomic E-state index is 14.4.